The lowest BCUT2D eigenvalue weighted by atomic mass is 9.87. The van der Waals surface area contributed by atoms with Gasteiger partial charge in [-0.2, -0.15) is 0 Å². The number of Topliss-reactive ketones (excluding diaryl/α,β-unsaturated/α-hetero) is 1. The predicted octanol–water partition coefficient (Wildman–Crippen LogP) is 4.03. The Hall–Kier alpha value is -1.81. The summed E-state index contributed by atoms with van der Waals surface area (Å²) in [6, 6.07) is 13.7. The number of carbonyl (C=O) groups excluding carboxylic acids is 1. The van der Waals surface area contributed by atoms with Crippen molar-refractivity contribution in [2.75, 3.05) is 6.61 Å². The summed E-state index contributed by atoms with van der Waals surface area (Å²) < 4.78 is 12.8. The average Bonchev–Trinajstić information content (AvgIpc) is 2.55. The maximum absolute atomic E-state index is 12.4. The molecule has 4 rings (SSSR count). The molecule has 4 heteroatoms. The summed E-state index contributed by atoms with van der Waals surface area (Å²) in [5, 5.41) is 0. The van der Waals surface area contributed by atoms with Crippen LogP contribution in [0.1, 0.15) is 22.3 Å². The molecule has 3 nitrogen and oxygen atoms in total. The van der Waals surface area contributed by atoms with Gasteiger partial charge in [-0.3, -0.25) is 4.79 Å². The van der Waals surface area contributed by atoms with E-state index in [1.807, 2.05) is 36.4 Å². The molecule has 0 bridgehead atoms. The minimum atomic E-state index is -0.116. The van der Waals surface area contributed by atoms with Crippen molar-refractivity contribution < 1.29 is 14.3 Å². The normalized spacial score (nSPS) is 23.0. The van der Waals surface area contributed by atoms with E-state index < -0.39 is 0 Å². The molecule has 0 N–H and O–H groups in total. The molecule has 0 aliphatic carbocycles. The topological polar surface area (TPSA) is 35.5 Å². The summed E-state index contributed by atoms with van der Waals surface area (Å²) in [5.74, 6) is 1.98. The summed E-state index contributed by atoms with van der Waals surface area (Å²) in [7, 11) is 0. The maximum atomic E-state index is 12.4. The van der Waals surface area contributed by atoms with Crippen molar-refractivity contribution in [3.05, 3.63) is 58.1 Å². The van der Waals surface area contributed by atoms with Crippen LogP contribution in [0.15, 0.2) is 46.9 Å². The zero-order valence-corrected chi connectivity index (χ0v) is 13.5. The van der Waals surface area contributed by atoms with Gasteiger partial charge < -0.3 is 9.47 Å². The molecule has 2 aromatic carbocycles. The number of fused-ring (bicyclic) bond motifs is 2. The molecule has 2 unspecified atom stereocenters. The molecule has 0 fully saturated rings. The molecule has 0 radical (unpaired) electrons. The SMILES string of the molecule is O=C1CC(C2COc3ccccc3C2)Oc2ccc(Br)cc21. The lowest BCUT2D eigenvalue weighted by Crippen LogP contribution is -2.39. The fourth-order valence-corrected chi connectivity index (χ4v) is 3.53. The first-order valence-electron chi connectivity index (χ1n) is 7.41. The highest BCUT2D eigenvalue weighted by molar-refractivity contribution is 9.10. The lowest BCUT2D eigenvalue weighted by Gasteiger charge is -2.34. The van der Waals surface area contributed by atoms with Crippen molar-refractivity contribution >= 4 is 21.7 Å². The Morgan fingerprint density at radius 2 is 1.91 bits per heavy atom. The van der Waals surface area contributed by atoms with Gasteiger partial charge in [0.1, 0.15) is 17.6 Å². The summed E-state index contributed by atoms with van der Waals surface area (Å²) >= 11 is 3.40. The van der Waals surface area contributed by atoms with E-state index in [4.69, 9.17) is 9.47 Å². The molecule has 2 aliphatic rings. The van der Waals surface area contributed by atoms with E-state index in [0.717, 1.165) is 16.6 Å². The number of ketones is 1. The van der Waals surface area contributed by atoms with Gasteiger partial charge in [0.2, 0.25) is 0 Å². The van der Waals surface area contributed by atoms with Crippen molar-refractivity contribution in [1.82, 2.24) is 0 Å². The molecule has 2 aromatic rings. The van der Waals surface area contributed by atoms with E-state index in [2.05, 4.69) is 22.0 Å². The minimum Gasteiger partial charge on any atom is -0.493 e. The van der Waals surface area contributed by atoms with E-state index in [9.17, 15) is 4.79 Å². The Kier molecular flexibility index (Phi) is 3.41. The van der Waals surface area contributed by atoms with Crippen molar-refractivity contribution in [1.29, 1.82) is 0 Å². The first-order chi connectivity index (χ1) is 10.7. The van der Waals surface area contributed by atoms with Crippen LogP contribution < -0.4 is 9.47 Å². The van der Waals surface area contributed by atoms with Crippen molar-refractivity contribution in [3.63, 3.8) is 0 Å². The van der Waals surface area contributed by atoms with Gasteiger partial charge >= 0.3 is 0 Å². The Morgan fingerprint density at radius 1 is 1.05 bits per heavy atom. The predicted molar refractivity (Wildman–Crippen MR) is 86.6 cm³/mol. The van der Waals surface area contributed by atoms with Gasteiger partial charge in [0, 0.05) is 16.8 Å². The van der Waals surface area contributed by atoms with Gasteiger partial charge in [0.15, 0.2) is 5.78 Å². The van der Waals surface area contributed by atoms with Gasteiger partial charge in [-0.1, -0.05) is 34.1 Å². The summed E-state index contributed by atoms with van der Waals surface area (Å²) in [6.45, 7) is 0.598. The van der Waals surface area contributed by atoms with Crippen LogP contribution in [0.4, 0.5) is 0 Å². The Bertz CT molecular complexity index is 741. The number of carbonyl (C=O) groups is 1. The molecule has 0 spiro atoms. The van der Waals surface area contributed by atoms with Crippen LogP contribution in [-0.4, -0.2) is 18.5 Å². The van der Waals surface area contributed by atoms with Crippen molar-refractivity contribution in [2.24, 2.45) is 5.92 Å². The number of rotatable bonds is 1. The third kappa shape index (κ3) is 2.41. The lowest BCUT2D eigenvalue weighted by molar-refractivity contribution is 0.0566. The monoisotopic (exact) mass is 358 g/mol. The molecule has 2 aliphatic heterocycles. The standard InChI is InChI=1S/C18H15BrO3/c19-13-5-6-17-14(8-13)15(20)9-18(22-17)12-7-11-3-1-2-4-16(11)21-10-12/h1-6,8,12,18H,7,9-10H2. The number of para-hydroxylation sites is 1. The van der Waals surface area contributed by atoms with E-state index in [1.54, 1.807) is 0 Å². The third-order valence-electron chi connectivity index (χ3n) is 4.34. The van der Waals surface area contributed by atoms with Gasteiger partial charge in [-0.25, -0.2) is 0 Å². The molecular formula is C18H15BrO3. The summed E-state index contributed by atoms with van der Waals surface area (Å²) in [6.07, 6.45) is 1.19. The van der Waals surface area contributed by atoms with Crippen molar-refractivity contribution in [3.8, 4) is 11.5 Å². The number of hydrogen-bond donors (Lipinski definition) is 0. The van der Waals surface area contributed by atoms with E-state index in [-0.39, 0.29) is 17.8 Å². The number of ether oxygens (including phenoxy) is 2. The smallest absolute Gasteiger partial charge is 0.170 e. The van der Waals surface area contributed by atoms with Crippen molar-refractivity contribution in [2.45, 2.75) is 18.9 Å². The summed E-state index contributed by atoms with van der Waals surface area (Å²) in [5.41, 5.74) is 1.86. The van der Waals surface area contributed by atoms with Gasteiger partial charge in [0.05, 0.1) is 12.2 Å². The van der Waals surface area contributed by atoms with Gasteiger partial charge in [-0.15, -0.1) is 0 Å². The Morgan fingerprint density at radius 3 is 2.82 bits per heavy atom. The van der Waals surface area contributed by atoms with Crippen LogP contribution >= 0.6 is 15.9 Å². The van der Waals surface area contributed by atoms with Crippen LogP contribution in [0.3, 0.4) is 0 Å². The molecule has 22 heavy (non-hydrogen) atoms. The Balaban J connectivity index is 1.58. The highest BCUT2D eigenvalue weighted by atomic mass is 79.9. The first kappa shape index (κ1) is 13.8. The van der Waals surface area contributed by atoms with Gasteiger partial charge in [-0.05, 0) is 36.2 Å². The molecule has 112 valence electrons. The molecule has 0 amide bonds. The van der Waals surface area contributed by atoms with Crippen LogP contribution in [0.25, 0.3) is 0 Å². The second-order valence-corrected chi connectivity index (χ2v) is 6.72. The van der Waals surface area contributed by atoms with E-state index in [1.165, 1.54) is 5.56 Å². The fourth-order valence-electron chi connectivity index (χ4n) is 3.17. The molecule has 0 saturated heterocycles. The number of halogens is 1. The zero-order chi connectivity index (χ0) is 15.1. The molecular weight excluding hydrogens is 344 g/mol. The number of hydrogen-bond acceptors (Lipinski definition) is 3. The largest absolute Gasteiger partial charge is 0.493 e. The van der Waals surface area contributed by atoms with Crippen LogP contribution in [0, 0.1) is 5.92 Å². The minimum absolute atomic E-state index is 0.116. The van der Waals surface area contributed by atoms with Crippen LogP contribution in [-0.2, 0) is 6.42 Å². The highest BCUT2D eigenvalue weighted by Gasteiger charge is 2.35. The fraction of sp³-hybridized carbons (Fsp3) is 0.278. The molecule has 0 saturated carbocycles. The van der Waals surface area contributed by atoms with Crippen LogP contribution in [0.5, 0.6) is 11.5 Å². The Labute approximate surface area is 137 Å². The van der Waals surface area contributed by atoms with Crippen LogP contribution in [0.2, 0.25) is 0 Å². The quantitative estimate of drug-likeness (QED) is 0.771. The average molecular weight is 359 g/mol. The van der Waals surface area contributed by atoms with Gasteiger partial charge in [0.25, 0.3) is 0 Å². The van der Waals surface area contributed by atoms with E-state index in [0.29, 0.717) is 24.3 Å². The number of benzene rings is 2. The second kappa shape index (κ2) is 5.43. The molecule has 0 aromatic heterocycles. The zero-order valence-electron chi connectivity index (χ0n) is 11.9. The summed E-state index contributed by atoms with van der Waals surface area (Å²) in [4.78, 5) is 12.4. The van der Waals surface area contributed by atoms with E-state index >= 15 is 0 Å². The third-order valence-corrected chi connectivity index (χ3v) is 4.83. The molecule has 2 atom stereocenters. The maximum Gasteiger partial charge on any atom is 0.170 e. The highest BCUT2D eigenvalue weighted by Crippen LogP contribution is 2.36. The first-order valence-corrected chi connectivity index (χ1v) is 8.20. The second-order valence-electron chi connectivity index (χ2n) is 5.81. The molecule has 2 heterocycles.